The maximum atomic E-state index is 4.62. The smallest absolute Gasteiger partial charge is 0.235 e. The number of hydrogen-bond acceptors (Lipinski definition) is 5. The molecule has 0 radical (unpaired) electrons. The second-order valence-corrected chi connectivity index (χ2v) is 6.77. The molecule has 20 heavy (non-hydrogen) atoms. The molecule has 0 spiro atoms. The lowest BCUT2D eigenvalue weighted by Gasteiger charge is -1.98. The van der Waals surface area contributed by atoms with Crippen molar-refractivity contribution in [2.24, 2.45) is 5.92 Å². The Morgan fingerprint density at radius 1 is 1.40 bits per heavy atom. The van der Waals surface area contributed by atoms with Crippen LogP contribution in [0.25, 0.3) is 15.7 Å². The van der Waals surface area contributed by atoms with Crippen LogP contribution in [-0.4, -0.2) is 30.0 Å². The van der Waals surface area contributed by atoms with E-state index >= 15 is 0 Å². The van der Waals surface area contributed by atoms with Crippen molar-refractivity contribution in [3.63, 3.8) is 0 Å². The number of hydrogen-bond donors (Lipinski definition) is 1. The highest BCUT2D eigenvalue weighted by atomic mass is 32.1. The molecule has 0 aromatic carbocycles. The van der Waals surface area contributed by atoms with E-state index in [9.17, 15) is 0 Å². The van der Waals surface area contributed by atoms with E-state index in [0.29, 0.717) is 11.8 Å². The van der Waals surface area contributed by atoms with Gasteiger partial charge in [-0.25, -0.2) is 0 Å². The molecule has 3 aromatic rings. The monoisotopic (exact) mass is 288 g/mol. The van der Waals surface area contributed by atoms with Crippen LogP contribution in [0.2, 0.25) is 0 Å². The summed E-state index contributed by atoms with van der Waals surface area (Å²) in [7, 11) is 0. The van der Waals surface area contributed by atoms with Crippen LogP contribution in [0.4, 0.5) is 0 Å². The Bertz CT molecular complexity index is 748. The average Bonchev–Trinajstić information content (AvgIpc) is 2.84. The van der Waals surface area contributed by atoms with Crippen molar-refractivity contribution < 1.29 is 0 Å². The van der Waals surface area contributed by atoms with E-state index in [-0.39, 0.29) is 0 Å². The average molecular weight is 288 g/mol. The highest BCUT2D eigenvalue weighted by Gasteiger charge is 2.30. The second-order valence-electron chi connectivity index (χ2n) is 5.81. The van der Waals surface area contributed by atoms with E-state index in [1.165, 1.54) is 12.8 Å². The summed E-state index contributed by atoms with van der Waals surface area (Å²) >= 11 is 1.54. The van der Waals surface area contributed by atoms with E-state index in [1.54, 1.807) is 11.3 Å². The van der Waals surface area contributed by atoms with E-state index in [2.05, 4.69) is 45.4 Å². The summed E-state index contributed by atoms with van der Waals surface area (Å²) in [6.45, 7) is 4.40. The predicted molar refractivity (Wildman–Crippen MR) is 76.8 cm³/mol. The molecule has 7 heteroatoms. The van der Waals surface area contributed by atoms with E-state index in [0.717, 1.165) is 33.6 Å². The highest BCUT2D eigenvalue weighted by molar-refractivity contribution is 7.19. The fraction of sp³-hybridized carbons (Fsp3) is 0.538. The summed E-state index contributed by atoms with van der Waals surface area (Å²) < 4.78 is 1.88. The summed E-state index contributed by atoms with van der Waals surface area (Å²) in [5.41, 5.74) is 2.06. The van der Waals surface area contributed by atoms with Gasteiger partial charge in [0.25, 0.3) is 0 Å². The highest BCUT2D eigenvalue weighted by Crippen LogP contribution is 2.39. The molecule has 1 fully saturated rings. The molecule has 0 aliphatic heterocycles. The molecule has 0 amide bonds. The van der Waals surface area contributed by atoms with Crippen molar-refractivity contribution in [1.29, 1.82) is 0 Å². The van der Waals surface area contributed by atoms with Crippen molar-refractivity contribution in [3.05, 3.63) is 17.6 Å². The fourth-order valence-corrected chi connectivity index (χ4v) is 3.15. The fourth-order valence-electron chi connectivity index (χ4n) is 2.35. The Labute approximate surface area is 120 Å². The molecule has 0 unspecified atom stereocenters. The third-order valence-corrected chi connectivity index (χ3v) is 4.36. The number of aromatic amines is 1. The third kappa shape index (κ3) is 2.02. The zero-order chi connectivity index (χ0) is 13.7. The van der Waals surface area contributed by atoms with Gasteiger partial charge in [-0.3, -0.25) is 5.10 Å². The Balaban J connectivity index is 1.69. The minimum Gasteiger partial charge on any atom is -0.282 e. The standard InChI is InChI=1S/C13H16N6S/c1-7(2)5-9-6-10(15-14-9)12-18-19-11(8-3-4-8)16-17-13(19)20-12/h6-8H,3-5H2,1-2H3,(H,14,15). The molecular weight excluding hydrogens is 272 g/mol. The summed E-state index contributed by atoms with van der Waals surface area (Å²) in [6, 6.07) is 2.09. The number of nitrogens with one attached hydrogen (secondary N) is 1. The van der Waals surface area contributed by atoms with Crippen LogP contribution in [0.15, 0.2) is 6.07 Å². The largest absolute Gasteiger partial charge is 0.282 e. The molecule has 1 aliphatic rings. The van der Waals surface area contributed by atoms with Crippen LogP contribution in [0, 0.1) is 5.92 Å². The molecule has 0 bridgehead atoms. The van der Waals surface area contributed by atoms with Crippen LogP contribution in [0.3, 0.4) is 0 Å². The summed E-state index contributed by atoms with van der Waals surface area (Å²) in [5.74, 6) is 2.17. The van der Waals surface area contributed by atoms with Gasteiger partial charge in [0.2, 0.25) is 4.96 Å². The lowest BCUT2D eigenvalue weighted by atomic mass is 10.1. The second kappa shape index (κ2) is 4.37. The molecule has 3 heterocycles. The number of rotatable bonds is 4. The third-order valence-electron chi connectivity index (χ3n) is 3.44. The van der Waals surface area contributed by atoms with Crippen LogP contribution >= 0.6 is 11.3 Å². The molecule has 104 valence electrons. The Morgan fingerprint density at radius 3 is 3.00 bits per heavy atom. The van der Waals surface area contributed by atoms with Crippen LogP contribution in [-0.2, 0) is 6.42 Å². The normalized spacial score (nSPS) is 15.6. The van der Waals surface area contributed by atoms with Crippen molar-refractivity contribution in [2.75, 3.05) is 0 Å². The van der Waals surface area contributed by atoms with Gasteiger partial charge in [0.05, 0.1) is 0 Å². The van der Waals surface area contributed by atoms with Gasteiger partial charge in [-0.1, -0.05) is 25.2 Å². The van der Waals surface area contributed by atoms with Crippen LogP contribution < -0.4 is 0 Å². The molecule has 4 rings (SSSR count). The van der Waals surface area contributed by atoms with Gasteiger partial charge >= 0.3 is 0 Å². The van der Waals surface area contributed by atoms with Crippen LogP contribution in [0.5, 0.6) is 0 Å². The van der Waals surface area contributed by atoms with Crippen molar-refractivity contribution in [3.8, 4) is 10.7 Å². The topological polar surface area (TPSA) is 71.8 Å². The first-order valence-electron chi connectivity index (χ1n) is 6.97. The molecule has 3 aromatic heterocycles. The first-order chi connectivity index (χ1) is 9.70. The predicted octanol–water partition coefficient (Wildman–Crippen LogP) is 2.65. The number of nitrogens with zero attached hydrogens (tertiary/aromatic N) is 5. The quantitative estimate of drug-likeness (QED) is 0.801. The molecule has 1 N–H and O–H groups in total. The van der Waals surface area contributed by atoms with Gasteiger partial charge in [-0.2, -0.15) is 14.7 Å². The van der Waals surface area contributed by atoms with Gasteiger partial charge in [0, 0.05) is 11.6 Å². The Kier molecular flexibility index (Phi) is 2.63. The summed E-state index contributed by atoms with van der Waals surface area (Å²) in [5, 5.41) is 21.4. The van der Waals surface area contributed by atoms with Gasteiger partial charge in [-0.15, -0.1) is 10.2 Å². The number of fused-ring (bicyclic) bond motifs is 1. The van der Waals surface area contributed by atoms with E-state index < -0.39 is 0 Å². The maximum absolute atomic E-state index is 4.62. The van der Waals surface area contributed by atoms with E-state index in [4.69, 9.17) is 0 Å². The molecule has 0 saturated heterocycles. The Hall–Kier alpha value is -1.76. The van der Waals surface area contributed by atoms with Crippen LogP contribution in [0.1, 0.15) is 44.1 Å². The minimum absolute atomic E-state index is 0.552. The van der Waals surface area contributed by atoms with Gasteiger partial charge < -0.3 is 0 Å². The SMILES string of the molecule is CC(C)Cc1cc(-c2nn3c(C4CC4)nnc3s2)n[nH]1. The molecule has 6 nitrogen and oxygen atoms in total. The van der Waals surface area contributed by atoms with Crippen molar-refractivity contribution in [2.45, 2.75) is 39.0 Å². The van der Waals surface area contributed by atoms with E-state index in [1.807, 2.05) is 4.52 Å². The maximum Gasteiger partial charge on any atom is 0.235 e. The minimum atomic E-state index is 0.552. The van der Waals surface area contributed by atoms with Crippen molar-refractivity contribution >= 4 is 16.3 Å². The lowest BCUT2D eigenvalue weighted by molar-refractivity contribution is 0.633. The zero-order valence-electron chi connectivity index (χ0n) is 11.5. The van der Waals surface area contributed by atoms with Gasteiger partial charge in [0.1, 0.15) is 5.69 Å². The zero-order valence-corrected chi connectivity index (χ0v) is 12.3. The summed E-state index contributed by atoms with van der Waals surface area (Å²) in [6.07, 6.45) is 3.41. The van der Waals surface area contributed by atoms with Crippen molar-refractivity contribution in [1.82, 2.24) is 30.0 Å². The Morgan fingerprint density at radius 2 is 2.25 bits per heavy atom. The number of H-pyrrole nitrogens is 1. The first-order valence-corrected chi connectivity index (χ1v) is 7.79. The molecule has 1 saturated carbocycles. The lowest BCUT2D eigenvalue weighted by Crippen LogP contribution is -1.93. The molecular formula is C13H16N6S. The summed E-state index contributed by atoms with van der Waals surface area (Å²) in [4.78, 5) is 0.857. The van der Waals surface area contributed by atoms with Gasteiger partial charge in [0.15, 0.2) is 10.8 Å². The van der Waals surface area contributed by atoms with Gasteiger partial charge in [-0.05, 0) is 31.2 Å². The number of aromatic nitrogens is 6. The molecule has 0 atom stereocenters. The first kappa shape index (κ1) is 12.0. The molecule has 1 aliphatic carbocycles.